The fourth-order valence-electron chi connectivity index (χ4n) is 5.80. The first-order valence-electron chi connectivity index (χ1n) is 17.2. The van der Waals surface area contributed by atoms with E-state index in [-0.39, 0.29) is 16.7 Å². The van der Waals surface area contributed by atoms with Gasteiger partial charge in [0.25, 0.3) is 5.91 Å². The van der Waals surface area contributed by atoms with Gasteiger partial charge in [-0.1, -0.05) is 157 Å². The summed E-state index contributed by atoms with van der Waals surface area (Å²) in [5.41, 5.74) is 3.87. The highest BCUT2D eigenvalue weighted by atomic mass is 16.3. The summed E-state index contributed by atoms with van der Waals surface area (Å²) < 4.78 is 0. The van der Waals surface area contributed by atoms with E-state index in [1.54, 1.807) is 0 Å². The summed E-state index contributed by atoms with van der Waals surface area (Å²) in [5, 5.41) is 14.1. The van der Waals surface area contributed by atoms with Crippen LogP contribution in [0.5, 0.6) is 5.75 Å². The van der Waals surface area contributed by atoms with Crippen LogP contribution >= 0.6 is 0 Å². The van der Waals surface area contributed by atoms with Crippen molar-refractivity contribution in [2.45, 2.75) is 168 Å². The number of aromatic hydroxyl groups is 1. The fourth-order valence-corrected chi connectivity index (χ4v) is 5.80. The molecular weight excluding hydrogens is 514 g/mol. The molecule has 0 atom stereocenters. The molecule has 2 rings (SSSR count). The number of carbonyl (C=O) groups excluding carboxylic acids is 1. The number of hydrogen-bond donors (Lipinski definition) is 2. The average Bonchev–Trinajstić information content (AvgIpc) is 2.92. The smallest absolute Gasteiger partial charge is 0.255 e. The molecule has 236 valence electrons. The van der Waals surface area contributed by atoms with Crippen LogP contribution in [-0.2, 0) is 17.3 Å². The second-order valence-corrected chi connectivity index (χ2v) is 14.6. The Morgan fingerprint density at radius 1 is 0.643 bits per heavy atom. The van der Waals surface area contributed by atoms with Crippen molar-refractivity contribution in [3.8, 4) is 5.75 Å². The van der Waals surface area contributed by atoms with Crippen molar-refractivity contribution in [1.82, 2.24) is 0 Å². The predicted octanol–water partition coefficient (Wildman–Crippen LogP) is 12.0. The fraction of sp³-hybridized carbons (Fsp3) is 0.667. The number of anilines is 1. The third-order valence-corrected chi connectivity index (χ3v) is 8.49. The van der Waals surface area contributed by atoms with E-state index in [1.807, 2.05) is 30.3 Å². The lowest BCUT2D eigenvalue weighted by molar-refractivity contribution is 0.102. The van der Waals surface area contributed by atoms with E-state index in [0.717, 1.165) is 23.2 Å². The highest BCUT2D eigenvalue weighted by Crippen LogP contribution is 2.41. The monoisotopic (exact) mass is 577 g/mol. The maximum absolute atomic E-state index is 13.2. The molecule has 0 aliphatic heterocycles. The van der Waals surface area contributed by atoms with E-state index in [2.05, 4.69) is 59.8 Å². The Hall–Kier alpha value is -2.29. The van der Waals surface area contributed by atoms with Gasteiger partial charge in [0.1, 0.15) is 5.75 Å². The number of benzene rings is 2. The second kappa shape index (κ2) is 18.4. The molecule has 2 N–H and O–H groups in total. The van der Waals surface area contributed by atoms with Crippen molar-refractivity contribution in [1.29, 1.82) is 0 Å². The lowest BCUT2D eigenvalue weighted by Crippen LogP contribution is -2.19. The minimum Gasteiger partial charge on any atom is -0.507 e. The van der Waals surface area contributed by atoms with Crippen LogP contribution in [0.1, 0.15) is 178 Å². The zero-order valence-corrected chi connectivity index (χ0v) is 28.3. The van der Waals surface area contributed by atoms with Crippen LogP contribution < -0.4 is 5.32 Å². The minimum absolute atomic E-state index is 0.103. The molecule has 0 aliphatic carbocycles. The minimum atomic E-state index is -0.238. The number of hydrogen-bond acceptors (Lipinski definition) is 2. The van der Waals surface area contributed by atoms with Gasteiger partial charge in [-0.25, -0.2) is 0 Å². The Balaban J connectivity index is 1.71. The summed E-state index contributed by atoms with van der Waals surface area (Å²) in [6, 6.07) is 11.9. The third-order valence-electron chi connectivity index (χ3n) is 8.49. The highest BCUT2D eigenvalue weighted by molar-refractivity contribution is 6.04. The first-order chi connectivity index (χ1) is 19.9. The molecule has 0 aromatic heterocycles. The number of unbranched alkanes of at least 4 members (excludes halogenated alkanes) is 15. The van der Waals surface area contributed by atoms with Crippen molar-refractivity contribution < 1.29 is 9.90 Å². The van der Waals surface area contributed by atoms with Gasteiger partial charge >= 0.3 is 0 Å². The number of nitrogens with one attached hydrogen (secondary N) is 1. The molecule has 0 fully saturated rings. The van der Waals surface area contributed by atoms with Gasteiger partial charge in [-0.15, -0.1) is 0 Å². The Morgan fingerprint density at radius 2 is 1.07 bits per heavy atom. The molecule has 0 heterocycles. The van der Waals surface area contributed by atoms with Gasteiger partial charge in [0.15, 0.2) is 0 Å². The molecular formula is C39H63NO2. The van der Waals surface area contributed by atoms with E-state index in [0.29, 0.717) is 11.3 Å². The summed E-state index contributed by atoms with van der Waals surface area (Å²) >= 11 is 0. The summed E-state index contributed by atoms with van der Waals surface area (Å²) in [4.78, 5) is 13.2. The topological polar surface area (TPSA) is 49.3 Å². The average molecular weight is 578 g/mol. The van der Waals surface area contributed by atoms with Crippen LogP contribution in [0.3, 0.4) is 0 Å². The zero-order chi connectivity index (χ0) is 31.0. The van der Waals surface area contributed by atoms with Gasteiger partial charge in [-0.05, 0) is 53.5 Å². The molecule has 2 aromatic carbocycles. The molecule has 3 nitrogen and oxygen atoms in total. The number of aryl methyl sites for hydroxylation is 1. The molecule has 0 unspecified atom stereocenters. The number of amides is 1. The lowest BCUT2D eigenvalue weighted by atomic mass is 9.79. The zero-order valence-electron chi connectivity index (χ0n) is 28.3. The molecule has 0 spiro atoms. The van der Waals surface area contributed by atoms with E-state index < -0.39 is 0 Å². The van der Waals surface area contributed by atoms with Gasteiger partial charge in [-0.3, -0.25) is 4.79 Å². The van der Waals surface area contributed by atoms with Gasteiger partial charge < -0.3 is 10.4 Å². The standard InChI is InChI=1S/C39H63NO2/c1-8-9-10-11-12-13-14-15-16-17-18-19-20-21-22-23-25-31-26-24-27-32(28-31)37(42)40-33-29-34(38(2,3)4)36(41)35(30-33)39(5,6)7/h24,26-30,41H,8-23,25H2,1-7H3,(H,40,42). The number of carbonyl (C=O) groups is 1. The number of phenolic OH excluding ortho intramolecular Hbond substituents is 1. The van der Waals surface area contributed by atoms with Crippen molar-refractivity contribution >= 4 is 11.6 Å². The molecule has 0 aliphatic rings. The first-order valence-corrected chi connectivity index (χ1v) is 17.2. The van der Waals surface area contributed by atoms with Crippen LogP contribution in [0.2, 0.25) is 0 Å². The lowest BCUT2D eigenvalue weighted by Gasteiger charge is -2.28. The Kier molecular flexibility index (Phi) is 15.7. The van der Waals surface area contributed by atoms with E-state index in [1.165, 1.54) is 108 Å². The van der Waals surface area contributed by atoms with Gasteiger partial charge in [0, 0.05) is 22.4 Å². The van der Waals surface area contributed by atoms with Crippen molar-refractivity contribution in [2.75, 3.05) is 5.32 Å². The molecule has 2 aromatic rings. The van der Waals surface area contributed by atoms with Crippen LogP contribution in [0.4, 0.5) is 5.69 Å². The van der Waals surface area contributed by atoms with Crippen LogP contribution in [0.25, 0.3) is 0 Å². The summed E-state index contributed by atoms with van der Waals surface area (Å²) in [6.07, 6.45) is 23.0. The normalized spacial score (nSPS) is 12.1. The van der Waals surface area contributed by atoms with Crippen LogP contribution in [0, 0.1) is 0 Å². The van der Waals surface area contributed by atoms with Gasteiger partial charge in [0.2, 0.25) is 0 Å². The highest BCUT2D eigenvalue weighted by Gasteiger charge is 2.27. The predicted molar refractivity (Wildman–Crippen MR) is 183 cm³/mol. The maximum atomic E-state index is 13.2. The van der Waals surface area contributed by atoms with Crippen LogP contribution in [-0.4, -0.2) is 11.0 Å². The molecule has 0 radical (unpaired) electrons. The second-order valence-electron chi connectivity index (χ2n) is 14.6. The summed E-state index contributed by atoms with van der Waals surface area (Å²) in [7, 11) is 0. The van der Waals surface area contributed by atoms with Crippen molar-refractivity contribution in [3.63, 3.8) is 0 Å². The molecule has 1 amide bonds. The number of rotatable bonds is 19. The molecule has 0 saturated carbocycles. The van der Waals surface area contributed by atoms with E-state index >= 15 is 0 Å². The third kappa shape index (κ3) is 13.3. The van der Waals surface area contributed by atoms with E-state index in [9.17, 15) is 9.90 Å². The Bertz CT molecular complexity index is 1020. The summed E-state index contributed by atoms with van der Waals surface area (Å²) in [6.45, 7) is 14.8. The Morgan fingerprint density at radius 3 is 1.50 bits per heavy atom. The van der Waals surface area contributed by atoms with Gasteiger partial charge in [-0.2, -0.15) is 0 Å². The maximum Gasteiger partial charge on any atom is 0.255 e. The Labute approximate surface area is 259 Å². The first kappa shape index (κ1) is 35.9. The SMILES string of the molecule is CCCCCCCCCCCCCCCCCCc1cccc(C(=O)Nc2cc(C(C)(C)C)c(O)c(C(C)(C)C)c2)c1. The van der Waals surface area contributed by atoms with Crippen molar-refractivity contribution in [3.05, 3.63) is 58.7 Å². The van der Waals surface area contributed by atoms with Crippen molar-refractivity contribution in [2.24, 2.45) is 0 Å². The number of phenols is 1. The quantitative estimate of drug-likeness (QED) is 0.129. The summed E-state index contributed by atoms with van der Waals surface area (Å²) in [5.74, 6) is 0.225. The molecule has 3 heteroatoms. The van der Waals surface area contributed by atoms with E-state index in [4.69, 9.17) is 0 Å². The molecule has 0 saturated heterocycles. The van der Waals surface area contributed by atoms with Crippen LogP contribution in [0.15, 0.2) is 36.4 Å². The largest absolute Gasteiger partial charge is 0.507 e. The molecule has 42 heavy (non-hydrogen) atoms. The molecule has 0 bridgehead atoms. The van der Waals surface area contributed by atoms with Gasteiger partial charge in [0.05, 0.1) is 0 Å².